The van der Waals surface area contributed by atoms with Gasteiger partial charge in [0.2, 0.25) is 17.7 Å². The maximum absolute atomic E-state index is 11.7. The van der Waals surface area contributed by atoms with Crippen molar-refractivity contribution in [2.45, 2.75) is 45.3 Å². The standard InChI is InChI=1S/C14H26N4O6/c1-7(2)4-9(15)12(21)16-5-11(20)18-10(6-19)13(22)17-8(3)14(23)24/h7-10,19H,4-6,15H2,1-3H3,(H,16,21)(H,17,22)(H,18,20)(H,23,24). The Hall–Kier alpha value is -2.20. The number of carbonyl (C=O) groups is 4. The number of aliphatic hydroxyl groups excluding tert-OH is 1. The molecule has 3 unspecified atom stereocenters. The molecule has 0 aromatic heterocycles. The minimum Gasteiger partial charge on any atom is -0.480 e. The number of carboxylic acid groups (broad SMARTS) is 1. The predicted octanol–water partition coefficient (Wildman–Crippen LogP) is -2.46. The van der Waals surface area contributed by atoms with Crippen LogP contribution in [0.1, 0.15) is 27.2 Å². The first kappa shape index (κ1) is 21.8. The van der Waals surface area contributed by atoms with Crippen molar-refractivity contribution in [1.82, 2.24) is 16.0 Å². The molecule has 24 heavy (non-hydrogen) atoms. The van der Waals surface area contributed by atoms with E-state index in [1.54, 1.807) is 0 Å². The van der Waals surface area contributed by atoms with Crippen LogP contribution >= 0.6 is 0 Å². The van der Waals surface area contributed by atoms with E-state index >= 15 is 0 Å². The zero-order chi connectivity index (χ0) is 18.9. The highest BCUT2D eigenvalue weighted by Crippen LogP contribution is 2.02. The first-order chi connectivity index (χ1) is 11.1. The van der Waals surface area contributed by atoms with Crippen LogP contribution < -0.4 is 21.7 Å². The number of aliphatic hydroxyl groups is 1. The van der Waals surface area contributed by atoms with E-state index in [0.29, 0.717) is 6.42 Å². The zero-order valence-electron chi connectivity index (χ0n) is 14.0. The van der Waals surface area contributed by atoms with Gasteiger partial charge in [0.15, 0.2) is 0 Å². The summed E-state index contributed by atoms with van der Waals surface area (Å²) in [6.07, 6.45) is 0.461. The summed E-state index contributed by atoms with van der Waals surface area (Å²) in [5.41, 5.74) is 5.66. The molecule has 0 aromatic carbocycles. The van der Waals surface area contributed by atoms with Gasteiger partial charge in [0.1, 0.15) is 12.1 Å². The number of carbonyl (C=O) groups excluding carboxylic acids is 3. The summed E-state index contributed by atoms with van der Waals surface area (Å²) in [5.74, 6) is -3.08. The highest BCUT2D eigenvalue weighted by molar-refractivity contribution is 5.92. The van der Waals surface area contributed by atoms with Gasteiger partial charge in [-0.3, -0.25) is 19.2 Å². The molecule has 10 nitrogen and oxygen atoms in total. The van der Waals surface area contributed by atoms with E-state index in [-0.39, 0.29) is 5.92 Å². The molecule has 3 amide bonds. The molecule has 0 rings (SSSR count). The summed E-state index contributed by atoms with van der Waals surface area (Å²) in [4.78, 5) is 45.8. The maximum atomic E-state index is 11.7. The van der Waals surface area contributed by atoms with Crippen molar-refractivity contribution in [3.63, 3.8) is 0 Å². The molecule has 0 fully saturated rings. The molecule has 0 spiro atoms. The van der Waals surface area contributed by atoms with Gasteiger partial charge in [0, 0.05) is 0 Å². The average Bonchev–Trinajstić information content (AvgIpc) is 2.48. The van der Waals surface area contributed by atoms with Crippen molar-refractivity contribution in [2.75, 3.05) is 13.2 Å². The predicted molar refractivity (Wildman–Crippen MR) is 84.7 cm³/mol. The summed E-state index contributed by atoms with van der Waals surface area (Å²) >= 11 is 0. The second kappa shape index (κ2) is 10.6. The van der Waals surface area contributed by atoms with Gasteiger partial charge in [-0.2, -0.15) is 0 Å². The monoisotopic (exact) mass is 346 g/mol. The largest absolute Gasteiger partial charge is 0.480 e. The quantitative estimate of drug-likeness (QED) is 0.255. The van der Waals surface area contributed by atoms with Gasteiger partial charge < -0.3 is 31.9 Å². The summed E-state index contributed by atoms with van der Waals surface area (Å²) in [7, 11) is 0. The van der Waals surface area contributed by atoms with Gasteiger partial charge in [0.05, 0.1) is 19.2 Å². The van der Waals surface area contributed by atoms with Crippen LogP contribution in [0.25, 0.3) is 0 Å². The van der Waals surface area contributed by atoms with Crippen LogP contribution in [-0.2, 0) is 19.2 Å². The second-order valence-corrected chi connectivity index (χ2v) is 5.83. The van der Waals surface area contributed by atoms with Gasteiger partial charge >= 0.3 is 5.97 Å². The van der Waals surface area contributed by atoms with Crippen LogP contribution in [0.15, 0.2) is 0 Å². The van der Waals surface area contributed by atoms with E-state index in [1.165, 1.54) is 6.92 Å². The Morgan fingerprint density at radius 2 is 1.62 bits per heavy atom. The Morgan fingerprint density at radius 3 is 2.08 bits per heavy atom. The Kier molecular flexibility index (Phi) is 9.58. The van der Waals surface area contributed by atoms with Gasteiger partial charge in [-0.25, -0.2) is 0 Å². The number of amides is 3. The molecule has 0 heterocycles. The highest BCUT2D eigenvalue weighted by atomic mass is 16.4. The molecule has 10 heteroatoms. The van der Waals surface area contributed by atoms with Crippen molar-refractivity contribution in [1.29, 1.82) is 0 Å². The van der Waals surface area contributed by atoms with E-state index in [2.05, 4.69) is 16.0 Å². The fourth-order valence-corrected chi connectivity index (χ4v) is 1.73. The molecule has 0 aliphatic heterocycles. The molecule has 0 saturated carbocycles. The smallest absolute Gasteiger partial charge is 0.325 e. The summed E-state index contributed by atoms with van der Waals surface area (Å²) in [6.45, 7) is 3.92. The number of nitrogens with one attached hydrogen (secondary N) is 3. The number of carboxylic acids is 1. The fourth-order valence-electron chi connectivity index (χ4n) is 1.73. The van der Waals surface area contributed by atoms with Crippen LogP contribution in [0.3, 0.4) is 0 Å². The van der Waals surface area contributed by atoms with E-state index in [9.17, 15) is 19.2 Å². The first-order valence-electron chi connectivity index (χ1n) is 7.55. The second-order valence-electron chi connectivity index (χ2n) is 5.83. The van der Waals surface area contributed by atoms with Gasteiger partial charge in [-0.05, 0) is 19.3 Å². The molecule has 0 saturated heterocycles. The van der Waals surface area contributed by atoms with E-state index in [4.69, 9.17) is 15.9 Å². The minimum atomic E-state index is -1.32. The Labute approximate surface area is 140 Å². The Balaban J connectivity index is 4.39. The summed E-state index contributed by atoms with van der Waals surface area (Å²) in [5, 5.41) is 24.5. The molecular formula is C14H26N4O6. The summed E-state index contributed by atoms with van der Waals surface area (Å²) in [6, 6.07) is -3.23. The minimum absolute atomic E-state index is 0.221. The van der Waals surface area contributed by atoms with Crippen molar-refractivity contribution >= 4 is 23.7 Å². The third-order valence-electron chi connectivity index (χ3n) is 3.05. The molecule has 3 atom stereocenters. The molecule has 138 valence electrons. The first-order valence-corrected chi connectivity index (χ1v) is 7.55. The lowest BCUT2D eigenvalue weighted by molar-refractivity contribution is -0.142. The van der Waals surface area contributed by atoms with Crippen molar-refractivity contribution in [3.05, 3.63) is 0 Å². The van der Waals surface area contributed by atoms with Crippen molar-refractivity contribution < 1.29 is 29.4 Å². The SMILES string of the molecule is CC(C)CC(N)C(=O)NCC(=O)NC(CO)C(=O)NC(C)C(=O)O. The zero-order valence-corrected chi connectivity index (χ0v) is 14.0. The van der Waals surface area contributed by atoms with E-state index < -0.39 is 55.0 Å². The fraction of sp³-hybridized carbons (Fsp3) is 0.714. The van der Waals surface area contributed by atoms with E-state index in [1.807, 2.05) is 13.8 Å². The lowest BCUT2D eigenvalue weighted by Gasteiger charge is -2.18. The number of aliphatic carboxylic acids is 1. The molecule has 0 aliphatic rings. The summed E-state index contributed by atoms with van der Waals surface area (Å²) < 4.78 is 0. The lowest BCUT2D eigenvalue weighted by Crippen LogP contribution is -2.54. The van der Waals surface area contributed by atoms with Crippen LogP contribution in [0.5, 0.6) is 0 Å². The maximum Gasteiger partial charge on any atom is 0.325 e. The van der Waals surface area contributed by atoms with Gasteiger partial charge in [-0.1, -0.05) is 13.8 Å². The number of hydrogen-bond donors (Lipinski definition) is 6. The van der Waals surface area contributed by atoms with Crippen LogP contribution in [0.4, 0.5) is 0 Å². The van der Waals surface area contributed by atoms with Crippen molar-refractivity contribution in [2.24, 2.45) is 11.7 Å². The molecule has 0 bridgehead atoms. The average molecular weight is 346 g/mol. The highest BCUT2D eigenvalue weighted by Gasteiger charge is 2.24. The van der Waals surface area contributed by atoms with Gasteiger partial charge in [-0.15, -0.1) is 0 Å². The van der Waals surface area contributed by atoms with Crippen LogP contribution in [0, 0.1) is 5.92 Å². The Bertz CT molecular complexity index is 468. The number of hydrogen-bond acceptors (Lipinski definition) is 6. The molecule has 0 radical (unpaired) electrons. The van der Waals surface area contributed by atoms with Crippen molar-refractivity contribution in [3.8, 4) is 0 Å². The topological polar surface area (TPSA) is 171 Å². The lowest BCUT2D eigenvalue weighted by atomic mass is 10.0. The molecule has 0 aromatic rings. The molecular weight excluding hydrogens is 320 g/mol. The third-order valence-corrected chi connectivity index (χ3v) is 3.05. The van der Waals surface area contributed by atoms with Crippen LogP contribution in [-0.4, -0.2) is 65.2 Å². The number of rotatable bonds is 10. The molecule has 0 aliphatic carbocycles. The normalized spacial score (nSPS) is 14.4. The van der Waals surface area contributed by atoms with Gasteiger partial charge in [0.25, 0.3) is 0 Å². The Morgan fingerprint density at radius 1 is 1.04 bits per heavy atom. The van der Waals surface area contributed by atoms with E-state index in [0.717, 1.165) is 0 Å². The number of nitrogens with two attached hydrogens (primary N) is 1. The third kappa shape index (κ3) is 8.44. The van der Waals surface area contributed by atoms with Crippen LogP contribution in [0.2, 0.25) is 0 Å². The molecule has 7 N–H and O–H groups in total.